The van der Waals surface area contributed by atoms with Crippen LogP contribution in [0.3, 0.4) is 0 Å². The van der Waals surface area contributed by atoms with Crippen LogP contribution in [0.2, 0.25) is 0 Å². The van der Waals surface area contributed by atoms with Gasteiger partial charge in [-0.1, -0.05) is 73.5 Å². The molecule has 0 fully saturated rings. The minimum absolute atomic E-state index is 0.0251. The second kappa shape index (κ2) is 10.6. The quantitative estimate of drug-likeness (QED) is 0.709. The molecular formula is C24H32N2O2. The van der Waals surface area contributed by atoms with E-state index in [1.165, 1.54) is 5.56 Å². The Kier molecular flexibility index (Phi) is 8.24. The second-order valence-corrected chi connectivity index (χ2v) is 7.38. The Morgan fingerprint density at radius 1 is 0.893 bits per heavy atom. The third-order valence-corrected chi connectivity index (χ3v) is 4.88. The zero-order chi connectivity index (χ0) is 20.5. The smallest absolute Gasteiger partial charge is 0.242 e. The first-order valence-electron chi connectivity index (χ1n) is 10.1. The fraction of sp³-hybridized carbons (Fsp3) is 0.417. The number of nitrogens with one attached hydrogen (secondary N) is 1. The van der Waals surface area contributed by atoms with E-state index in [1.807, 2.05) is 76.2 Å². The molecule has 0 aromatic heterocycles. The molecule has 1 N–H and O–H groups in total. The van der Waals surface area contributed by atoms with E-state index in [0.717, 1.165) is 23.1 Å². The third kappa shape index (κ3) is 6.22. The van der Waals surface area contributed by atoms with Gasteiger partial charge in [-0.25, -0.2) is 0 Å². The van der Waals surface area contributed by atoms with Crippen molar-refractivity contribution in [3.63, 3.8) is 0 Å². The number of hydrogen-bond donors (Lipinski definition) is 1. The maximum Gasteiger partial charge on any atom is 0.242 e. The van der Waals surface area contributed by atoms with Gasteiger partial charge in [-0.2, -0.15) is 0 Å². The van der Waals surface area contributed by atoms with Gasteiger partial charge in [0.15, 0.2) is 0 Å². The van der Waals surface area contributed by atoms with Gasteiger partial charge < -0.3 is 10.2 Å². The average Bonchev–Trinajstić information content (AvgIpc) is 2.69. The molecule has 4 nitrogen and oxygen atoms in total. The lowest BCUT2D eigenvalue weighted by Gasteiger charge is -2.31. The third-order valence-electron chi connectivity index (χ3n) is 4.88. The van der Waals surface area contributed by atoms with Gasteiger partial charge >= 0.3 is 0 Å². The van der Waals surface area contributed by atoms with Crippen molar-refractivity contribution in [1.82, 2.24) is 10.2 Å². The molecule has 4 heteroatoms. The zero-order valence-electron chi connectivity index (χ0n) is 17.5. The Hall–Kier alpha value is -2.62. The minimum Gasteiger partial charge on any atom is -0.354 e. The molecule has 0 saturated carbocycles. The van der Waals surface area contributed by atoms with Crippen molar-refractivity contribution < 1.29 is 9.59 Å². The van der Waals surface area contributed by atoms with Crippen molar-refractivity contribution in [1.29, 1.82) is 0 Å². The predicted octanol–water partition coefficient (Wildman–Crippen LogP) is 4.18. The van der Waals surface area contributed by atoms with Crippen molar-refractivity contribution in [2.24, 2.45) is 0 Å². The van der Waals surface area contributed by atoms with Crippen LogP contribution in [0.25, 0.3) is 0 Å². The van der Waals surface area contributed by atoms with Crippen LogP contribution in [0.15, 0.2) is 48.5 Å². The van der Waals surface area contributed by atoms with Crippen molar-refractivity contribution in [3.8, 4) is 0 Å². The molecule has 1 atom stereocenters. The van der Waals surface area contributed by atoms with Gasteiger partial charge in [0.1, 0.15) is 6.04 Å². The van der Waals surface area contributed by atoms with Gasteiger partial charge in [0.05, 0.1) is 6.42 Å². The van der Waals surface area contributed by atoms with Crippen molar-refractivity contribution >= 4 is 11.8 Å². The van der Waals surface area contributed by atoms with Crippen LogP contribution in [-0.2, 0) is 22.6 Å². The lowest BCUT2D eigenvalue weighted by Crippen LogP contribution is -2.49. The minimum atomic E-state index is -0.467. The Bertz CT molecular complexity index is 766. The van der Waals surface area contributed by atoms with E-state index in [0.29, 0.717) is 25.9 Å². The Labute approximate surface area is 169 Å². The molecule has 0 spiro atoms. The normalized spacial score (nSPS) is 11.7. The lowest BCUT2D eigenvalue weighted by atomic mass is 10.1. The summed E-state index contributed by atoms with van der Waals surface area (Å²) in [5.74, 6) is -0.100. The van der Waals surface area contributed by atoms with Gasteiger partial charge in [0, 0.05) is 13.1 Å². The Morgan fingerprint density at radius 2 is 1.43 bits per heavy atom. The summed E-state index contributed by atoms with van der Waals surface area (Å²) in [4.78, 5) is 27.6. The molecule has 2 rings (SSSR count). The summed E-state index contributed by atoms with van der Waals surface area (Å²) in [5.41, 5.74) is 4.34. The highest BCUT2D eigenvalue weighted by Crippen LogP contribution is 2.15. The first-order valence-corrected chi connectivity index (χ1v) is 10.1. The number of hydrogen-bond acceptors (Lipinski definition) is 2. The predicted molar refractivity (Wildman–Crippen MR) is 114 cm³/mol. The van der Waals surface area contributed by atoms with Crippen LogP contribution in [0.1, 0.15) is 48.9 Å². The van der Waals surface area contributed by atoms with Crippen LogP contribution < -0.4 is 5.32 Å². The van der Waals surface area contributed by atoms with Crippen LogP contribution in [0.5, 0.6) is 0 Å². The topological polar surface area (TPSA) is 49.4 Å². The standard InChI is InChI=1S/C24H32N2O2/c1-5-15-25-24(28)22(6-2)26(17-21-13-9-19(4)10-14-21)23(27)16-20-11-7-18(3)8-12-20/h7-14,22H,5-6,15-17H2,1-4H3,(H,25,28)/t22-/m1/s1. The summed E-state index contributed by atoms with van der Waals surface area (Å²) in [7, 11) is 0. The molecule has 2 amide bonds. The molecule has 2 aromatic carbocycles. The van der Waals surface area contributed by atoms with Gasteiger partial charge in [-0.15, -0.1) is 0 Å². The average molecular weight is 381 g/mol. The zero-order valence-corrected chi connectivity index (χ0v) is 17.5. The summed E-state index contributed by atoms with van der Waals surface area (Å²) in [5, 5.41) is 2.95. The van der Waals surface area contributed by atoms with Crippen LogP contribution in [0.4, 0.5) is 0 Å². The SMILES string of the molecule is CCCNC(=O)[C@@H](CC)N(Cc1ccc(C)cc1)C(=O)Cc1ccc(C)cc1. The lowest BCUT2D eigenvalue weighted by molar-refractivity contribution is -0.140. The highest BCUT2D eigenvalue weighted by atomic mass is 16.2. The number of aryl methyl sites for hydroxylation is 2. The molecule has 0 aliphatic carbocycles. The highest BCUT2D eigenvalue weighted by Gasteiger charge is 2.28. The summed E-state index contributed by atoms with van der Waals surface area (Å²) in [6.07, 6.45) is 1.75. The molecule has 150 valence electrons. The van der Waals surface area contributed by atoms with Crippen LogP contribution in [-0.4, -0.2) is 29.3 Å². The molecule has 2 aromatic rings. The van der Waals surface area contributed by atoms with Crippen LogP contribution in [0, 0.1) is 13.8 Å². The maximum absolute atomic E-state index is 13.2. The van der Waals surface area contributed by atoms with E-state index < -0.39 is 6.04 Å². The second-order valence-electron chi connectivity index (χ2n) is 7.38. The Balaban J connectivity index is 2.24. The van der Waals surface area contributed by atoms with E-state index in [9.17, 15) is 9.59 Å². The van der Waals surface area contributed by atoms with E-state index in [4.69, 9.17) is 0 Å². The molecule has 0 aliphatic rings. The van der Waals surface area contributed by atoms with Gasteiger partial charge in [0.2, 0.25) is 11.8 Å². The summed E-state index contributed by atoms with van der Waals surface area (Å²) in [6, 6.07) is 15.6. The monoisotopic (exact) mass is 380 g/mol. The van der Waals surface area contributed by atoms with E-state index in [-0.39, 0.29) is 11.8 Å². The first kappa shape index (κ1) is 21.7. The fourth-order valence-corrected chi connectivity index (χ4v) is 3.16. The van der Waals surface area contributed by atoms with E-state index in [2.05, 4.69) is 5.32 Å². The maximum atomic E-state index is 13.2. The number of benzene rings is 2. The van der Waals surface area contributed by atoms with Gasteiger partial charge in [-0.05, 0) is 37.8 Å². The molecule has 0 heterocycles. The molecule has 0 unspecified atom stereocenters. The largest absolute Gasteiger partial charge is 0.354 e. The van der Waals surface area contributed by atoms with Crippen LogP contribution >= 0.6 is 0 Å². The van der Waals surface area contributed by atoms with Gasteiger partial charge in [-0.3, -0.25) is 9.59 Å². The number of nitrogens with zero attached hydrogens (tertiary/aromatic N) is 1. The molecule has 0 saturated heterocycles. The highest BCUT2D eigenvalue weighted by molar-refractivity contribution is 5.88. The fourth-order valence-electron chi connectivity index (χ4n) is 3.16. The van der Waals surface area contributed by atoms with Crippen molar-refractivity contribution in [3.05, 3.63) is 70.8 Å². The van der Waals surface area contributed by atoms with Gasteiger partial charge in [0.25, 0.3) is 0 Å². The molecule has 0 radical (unpaired) electrons. The first-order chi connectivity index (χ1) is 13.4. The molecular weight excluding hydrogens is 348 g/mol. The van der Waals surface area contributed by atoms with Crippen molar-refractivity contribution in [2.75, 3.05) is 6.54 Å². The molecule has 0 bridgehead atoms. The molecule has 28 heavy (non-hydrogen) atoms. The summed E-state index contributed by atoms with van der Waals surface area (Å²) >= 11 is 0. The summed E-state index contributed by atoms with van der Waals surface area (Å²) in [6.45, 7) is 9.10. The number of carbonyl (C=O) groups excluding carboxylic acids is 2. The van der Waals surface area contributed by atoms with Crippen molar-refractivity contribution in [2.45, 2.75) is 59.5 Å². The Morgan fingerprint density at radius 3 is 1.93 bits per heavy atom. The number of amides is 2. The summed E-state index contributed by atoms with van der Waals surface area (Å²) < 4.78 is 0. The number of carbonyl (C=O) groups is 2. The van der Waals surface area contributed by atoms with E-state index in [1.54, 1.807) is 4.90 Å². The molecule has 0 aliphatic heterocycles. The van der Waals surface area contributed by atoms with E-state index >= 15 is 0 Å². The number of rotatable bonds is 9.